The summed E-state index contributed by atoms with van der Waals surface area (Å²) in [6, 6.07) is 17.9. The Kier molecular flexibility index (Phi) is 5.68. The van der Waals surface area contributed by atoms with Crippen LogP contribution in [0.25, 0.3) is 0 Å². The molecule has 0 fully saturated rings. The predicted octanol–water partition coefficient (Wildman–Crippen LogP) is 5.46. The third-order valence-electron chi connectivity index (χ3n) is 4.92. The minimum atomic E-state index is 0.370. The highest BCUT2D eigenvalue weighted by Gasteiger charge is 2.25. The third-order valence-corrected chi connectivity index (χ3v) is 5.17. The van der Waals surface area contributed by atoms with Gasteiger partial charge in [0.1, 0.15) is 12.4 Å². The fourth-order valence-electron chi connectivity index (χ4n) is 3.56. The number of ether oxygens (including phenoxy) is 2. The number of para-hydroxylation sites is 1. The second-order valence-corrected chi connectivity index (χ2v) is 7.25. The van der Waals surface area contributed by atoms with Crippen LogP contribution in [0, 0.1) is 0 Å². The van der Waals surface area contributed by atoms with E-state index in [1.807, 2.05) is 55.6 Å². The Morgan fingerprint density at radius 1 is 1.07 bits per heavy atom. The molecule has 0 aliphatic carbocycles. The summed E-state index contributed by atoms with van der Waals surface area (Å²) in [5.74, 6) is 2.96. The van der Waals surface area contributed by atoms with Gasteiger partial charge in [-0.15, -0.1) is 0 Å². The molecule has 0 bridgehead atoms. The molecular weight excluding hydrogens is 372 g/mol. The van der Waals surface area contributed by atoms with Crippen molar-refractivity contribution in [1.29, 1.82) is 0 Å². The predicted molar refractivity (Wildman–Crippen MR) is 113 cm³/mol. The van der Waals surface area contributed by atoms with Gasteiger partial charge in [-0.05, 0) is 54.3 Å². The highest BCUT2D eigenvalue weighted by atomic mass is 35.5. The summed E-state index contributed by atoms with van der Waals surface area (Å²) in [7, 11) is 0. The number of benzene rings is 2. The smallest absolute Gasteiger partial charge is 0.164 e. The molecule has 144 valence electrons. The fourth-order valence-corrected chi connectivity index (χ4v) is 3.68. The Bertz CT molecular complexity index is 944. The first-order valence-electron chi connectivity index (χ1n) is 9.55. The molecule has 1 aliphatic rings. The number of fused-ring (bicyclic) bond motifs is 1. The van der Waals surface area contributed by atoms with Gasteiger partial charge in [-0.25, -0.2) is 4.98 Å². The Labute approximate surface area is 170 Å². The summed E-state index contributed by atoms with van der Waals surface area (Å²) in [6.07, 6.45) is 2.70. The highest BCUT2D eigenvalue weighted by Crippen LogP contribution is 2.38. The quantitative estimate of drug-likeness (QED) is 0.577. The van der Waals surface area contributed by atoms with Gasteiger partial charge in [-0.2, -0.15) is 0 Å². The van der Waals surface area contributed by atoms with Gasteiger partial charge in [0, 0.05) is 23.7 Å². The normalized spacial score (nSPS) is 15.0. The molecule has 1 unspecified atom stereocenters. The molecule has 1 atom stereocenters. The van der Waals surface area contributed by atoms with E-state index < -0.39 is 0 Å². The van der Waals surface area contributed by atoms with Gasteiger partial charge in [-0.1, -0.05) is 41.9 Å². The molecule has 5 heteroatoms. The Balaban J connectivity index is 1.54. The standard InChI is InChI=1S/C23H23ClN2O2/c1-2-27-22-17(13-18-14-26-23-20(18)6-4-12-25-23)5-3-7-21(22)28-15-16-8-10-19(24)11-9-16/h3-12,18H,2,13-15H2,1H3,(H,25,26). The van der Waals surface area contributed by atoms with Crippen LogP contribution in [-0.4, -0.2) is 18.1 Å². The molecule has 1 aromatic heterocycles. The van der Waals surface area contributed by atoms with Crippen LogP contribution in [-0.2, 0) is 13.0 Å². The van der Waals surface area contributed by atoms with E-state index in [1.165, 1.54) is 5.56 Å². The lowest BCUT2D eigenvalue weighted by Crippen LogP contribution is -2.08. The van der Waals surface area contributed by atoms with Gasteiger partial charge >= 0.3 is 0 Å². The van der Waals surface area contributed by atoms with Crippen LogP contribution in [0.1, 0.15) is 29.5 Å². The summed E-state index contributed by atoms with van der Waals surface area (Å²) in [6.45, 7) is 3.94. The second-order valence-electron chi connectivity index (χ2n) is 6.82. The molecule has 4 rings (SSSR count). The average Bonchev–Trinajstić information content (AvgIpc) is 3.12. The molecule has 0 radical (unpaired) electrons. The van der Waals surface area contributed by atoms with Crippen molar-refractivity contribution in [3.63, 3.8) is 0 Å². The molecular formula is C23H23ClN2O2. The van der Waals surface area contributed by atoms with Crippen LogP contribution in [0.3, 0.4) is 0 Å². The van der Waals surface area contributed by atoms with Gasteiger partial charge < -0.3 is 14.8 Å². The number of pyridine rings is 1. The summed E-state index contributed by atoms with van der Waals surface area (Å²) >= 11 is 5.96. The van der Waals surface area contributed by atoms with Crippen LogP contribution in [0.4, 0.5) is 5.82 Å². The van der Waals surface area contributed by atoms with Gasteiger partial charge in [0.15, 0.2) is 11.5 Å². The second kappa shape index (κ2) is 8.53. The third kappa shape index (κ3) is 4.07. The molecule has 0 spiro atoms. The average molecular weight is 395 g/mol. The SMILES string of the molecule is CCOc1c(CC2CNc3ncccc32)cccc1OCc1ccc(Cl)cc1. The molecule has 0 amide bonds. The lowest BCUT2D eigenvalue weighted by molar-refractivity contribution is 0.267. The van der Waals surface area contributed by atoms with Crippen LogP contribution >= 0.6 is 11.6 Å². The lowest BCUT2D eigenvalue weighted by atomic mass is 9.94. The van der Waals surface area contributed by atoms with Crippen molar-refractivity contribution in [1.82, 2.24) is 4.98 Å². The van der Waals surface area contributed by atoms with Gasteiger partial charge in [0.25, 0.3) is 0 Å². The monoisotopic (exact) mass is 394 g/mol. The topological polar surface area (TPSA) is 43.4 Å². The minimum absolute atomic E-state index is 0.370. The number of anilines is 1. The molecule has 28 heavy (non-hydrogen) atoms. The van der Waals surface area contributed by atoms with Gasteiger partial charge in [0.05, 0.1) is 6.61 Å². The number of aromatic nitrogens is 1. The zero-order valence-corrected chi connectivity index (χ0v) is 16.6. The molecule has 1 N–H and O–H groups in total. The number of halogens is 1. The molecule has 2 aromatic carbocycles. The maximum absolute atomic E-state index is 6.09. The number of nitrogens with one attached hydrogen (secondary N) is 1. The van der Waals surface area contributed by atoms with E-state index in [9.17, 15) is 0 Å². The van der Waals surface area contributed by atoms with Crippen molar-refractivity contribution in [3.05, 3.63) is 82.5 Å². The van der Waals surface area contributed by atoms with E-state index in [1.54, 1.807) is 0 Å². The van der Waals surface area contributed by atoms with Crippen LogP contribution in [0.5, 0.6) is 11.5 Å². The van der Waals surface area contributed by atoms with Crippen LogP contribution in [0.2, 0.25) is 5.02 Å². The summed E-state index contributed by atoms with van der Waals surface area (Å²) in [5, 5.41) is 4.12. The minimum Gasteiger partial charge on any atom is -0.490 e. The zero-order valence-electron chi connectivity index (χ0n) is 15.8. The van der Waals surface area contributed by atoms with Crippen molar-refractivity contribution in [3.8, 4) is 11.5 Å². The van der Waals surface area contributed by atoms with E-state index in [4.69, 9.17) is 21.1 Å². The first-order chi connectivity index (χ1) is 13.7. The largest absolute Gasteiger partial charge is 0.490 e. The van der Waals surface area contributed by atoms with Gasteiger partial charge in [-0.3, -0.25) is 0 Å². The number of hydrogen-bond acceptors (Lipinski definition) is 4. The van der Waals surface area contributed by atoms with E-state index in [0.717, 1.165) is 46.4 Å². The van der Waals surface area contributed by atoms with Crippen LogP contribution in [0.15, 0.2) is 60.8 Å². The zero-order chi connectivity index (χ0) is 19.3. The summed E-state index contributed by atoms with van der Waals surface area (Å²) in [4.78, 5) is 4.42. The van der Waals surface area contributed by atoms with Crippen molar-refractivity contribution in [2.75, 3.05) is 18.5 Å². The van der Waals surface area contributed by atoms with E-state index >= 15 is 0 Å². The van der Waals surface area contributed by atoms with E-state index in [0.29, 0.717) is 19.1 Å². The Hall–Kier alpha value is -2.72. The van der Waals surface area contributed by atoms with E-state index in [2.05, 4.69) is 22.4 Å². The maximum Gasteiger partial charge on any atom is 0.164 e. The Morgan fingerprint density at radius 2 is 1.93 bits per heavy atom. The molecule has 2 heterocycles. The van der Waals surface area contributed by atoms with E-state index in [-0.39, 0.29) is 0 Å². The van der Waals surface area contributed by atoms with Crippen molar-refractivity contribution >= 4 is 17.4 Å². The number of nitrogens with zero attached hydrogens (tertiary/aromatic N) is 1. The Morgan fingerprint density at radius 3 is 2.75 bits per heavy atom. The first kappa shape index (κ1) is 18.6. The molecule has 4 nitrogen and oxygen atoms in total. The van der Waals surface area contributed by atoms with Crippen molar-refractivity contribution < 1.29 is 9.47 Å². The lowest BCUT2D eigenvalue weighted by Gasteiger charge is -2.18. The fraction of sp³-hybridized carbons (Fsp3) is 0.261. The number of rotatable bonds is 7. The maximum atomic E-state index is 6.09. The first-order valence-corrected chi connectivity index (χ1v) is 9.93. The van der Waals surface area contributed by atoms with Crippen LogP contribution < -0.4 is 14.8 Å². The molecule has 0 saturated heterocycles. The van der Waals surface area contributed by atoms with Gasteiger partial charge in [0.2, 0.25) is 0 Å². The summed E-state index contributed by atoms with van der Waals surface area (Å²) < 4.78 is 12.1. The highest BCUT2D eigenvalue weighted by molar-refractivity contribution is 6.30. The molecule has 1 aliphatic heterocycles. The van der Waals surface area contributed by atoms with Crippen molar-refractivity contribution in [2.45, 2.75) is 25.9 Å². The van der Waals surface area contributed by atoms with Crippen molar-refractivity contribution in [2.24, 2.45) is 0 Å². The molecule has 0 saturated carbocycles. The summed E-state index contributed by atoms with van der Waals surface area (Å²) in [5.41, 5.74) is 3.48. The molecule has 3 aromatic rings. The number of hydrogen-bond donors (Lipinski definition) is 1.